The van der Waals surface area contributed by atoms with Crippen LogP contribution in [0.1, 0.15) is 26.3 Å². The van der Waals surface area contributed by atoms with Crippen LogP contribution in [-0.2, 0) is 0 Å². The maximum absolute atomic E-state index is 12.2. The number of aromatic nitrogens is 1. The molecule has 2 amide bonds. The minimum atomic E-state index is -0.575. The van der Waals surface area contributed by atoms with Crippen molar-refractivity contribution in [3.8, 4) is 5.75 Å². The van der Waals surface area contributed by atoms with Gasteiger partial charge >= 0.3 is 0 Å². The van der Waals surface area contributed by atoms with E-state index in [1.165, 1.54) is 18.0 Å². The van der Waals surface area contributed by atoms with Crippen LogP contribution < -0.4 is 21.1 Å². The highest BCUT2D eigenvalue weighted by atomic mass is 32.2. The van der Waals surface area contributed by atoms with Gasteiger partial charge in [0.2, 0.25) is 0 Å². The number of ether oxygens (including phenoxy) is 1. The highest BCUT2D eigenvalue weighted by molar-refractivity contribution is 7.99. The summed E-state index contributed by atoms with van der Waals surface area (Å²) in [5.74, 6) is -0.0292. The van der Waals surface area contributed by atoms with E-state index in [0.717, 1.165) is 31.9 Å². The molecule has 34 heavy (non-hydrogen) atoms. The lowest BCUT2D eigenvalue weighted by molar-refractivity contribution is 0.0961. The molecule has 0 atom stereocenters. The Bertz CT molecular complexity index is 1400. The zero-order valence-corrected chi connectivity index (χ0v) is 19.8. The van der Waals surface area contributed by atoms with Gasteiger partial charge in [0.25, 0.3) is 11.8 Å². The van der Waals surface area contributed by atoms with Gasteiger partial charge in [-0.25, -0.2) is 0 Å². The van der Waals surface area contributed by atoms with E-state index >= 15 is 0 Å². The third-order valence-electron chi connectivity index (χ3n) is 5.30. The molecule has 0 aliphatic carbocycles. The number of carbonyl (C=O) groups excluding carboxylic acids is 2. The van der Waals surface area contributed by atoms with Crippen molar-refractivity contribution in [1.29, 1.82) is 0 Å². The number of nitrogens with zero attached hydrogens (tertiary/aromatic N) is 1. The first kappa shape index (κ1) is 23.1. The van der Waals surface area contributed by atoms with Gasteiger partial charge in [0.15, 0.2) is 0 Å². The number of amides is 2. The lowest BCUT2D eigenvalue weighted by atomic mass is 10.1. The summed E-state index contributed by atoms with van der Waals surface area (Å²) in [6, 6.07) is 18.9. The lowest BCUT2D eigenvalue weighted by Crippen LogP contribution is -2.17. The molecule has 0 spiro atoms. The van der Waals surface area contributed by atoms with Gasteiger partial charge in [-0.05, 0) is 55.0 Å². The van der Waals surface area contributed by atoms with Crippen LogP contribution in [0.2, 0.25) is 0 Å². The Hall–Kier alpha value is -4.04. The molecule has 8 heteroatoms. The largest absolute Gasteiger partial charge is 0.497 e. The van der Waals surface area contributed by atoms with Gasteiger partial charge in [0.1, 0.15) is 5.75 Å². The van der Waals surface area contributed by atoms with Gasteiger partial charge in [-0.2, -0.15) is 0 Å². The van der Waals surface area contributed by atoms with Crippen molar-refractivity contribution in [2.75, 3.05) is 19.5 Å². The Morgan fingerprint density at radius 3 is 2.56 bits per heavy atom. The van der Waals surface area contributed by atoms with Crippen LogP contribution in [0.15, 0.2) is 76.7 Å². The summed E-state index contributed by atoms with van der Waals surface area (Å²) in [4.78, 5) is 30.6. The number of fused-ring (bicyclic) bond motifs is 1. The molecule has 3 aromatic carbocycles. The van der Waals surface area contributed by atoms with Crippen LogP contribution in [0.5, 0.6) is 5.75 Å². The Morgan fingerprint density at radius 1 is 1.03 bits per heavy atom. The van der Waals surface area contributed by atoms with Crippen LogP contribution in [0.3, 0.4) is 0 Å². The van der Waals surface area contributed by atoms with Gasteiger partial charge in [-0.3, -0.25) is 14.6 Å². The van der Waals surface area contributed by atoms with E-state index < -0.39 is 5.91 Å². The van der Waals surface area contributed by atoms with Crippen LogP contribution in [-0.4, -0.2) is 31.0 Å². The van der Waals surface area contributed by atoms with Crippen LogP contribution in [0, 0.1) is 6.92 Å². The maximum Gasteiger partial charge on any atom is 0.252 e. The lowest BCUT2D eigenvalue weighted by Gasteiger charge is -2.16. The first-order valence-electron chi connectivity index (χ1n) is 10.5. The van der Waals surface area contributed by atoms with Crippen molar-refractivity contribution in [2.45, 2.75) is 16.7 Å². The number of rotatable bonds is 7. The average molecular weight is 473 g/mol. The van der Waals surface area contributed by atoms with Crippen molar-refractivity contribution in [1.82, 2.24) is 10.3 Å². The predicted octanol–water partition coefficient (Wildman–Crippen LogP) is 4.91. The molecule has 0 aliphatic heterocycles. The summed E-state index contributed by atoms with van der Waals surface area (Å²) in [5, 5.41) is 6.75. The molecule has 0 unspecified atom stereocenters. The molecule has 1 aromatic heterocycles. The summed E-state index contributed by atoms with van der Waals surface area (Å²) in [6.45, 7) is 1.97. The maximum atomic E-state index is 12.2. The molecule has 172 valence electrons. The molecule has 0 saturated carbocycles. The fraction of sp³-hybridized carbons (Fsp3) is 0.115. The Kier molecular flexibility index (Phi) is 6.70. The summed E-state index contributed by atoms with van der Waals surface area (Å²) >= 11 is 1.52. The van der Waals surface area contributed by atoms with Gasteiger partial charge in [-0.1, -0.05) is 23.9 Å². The summed E-state index contributed by atoms with van der Waals surface area (Å²) in [6.07, 6.45) is 1.50. The number of benzene rings is 3. The second-order valence-electron chi connectivity index (χ2n) is 7.61. The van der Waals surface area contributed by atoms with Gasteiger partial charge in [0.05, 0.1) is 23.9 Å². The number of nitrogens with two attached hydrogens (primary N) is 1. The zero-order valence-electron chi connectivity index (χ0n) is 19.0. The Morgan fingerprint density at radius 2 is 1.82 bits per heavy atom. The second-order valence-corrected chi connectivity index (χ2v) is 8.76. The highest BCUT2D eigenvalue weighted by Gasteiger charge is 2.16. The third-order valence-corrected chi connectivity index (χ3v) is 6.26. The predicted molar refractivity (Wildman–Crippen MR) is 135 cm³/mol. The molecule has 0 bridgehead atoms. The molecule has 0 fully saturated rings. The minimum Gasteiger partial charge on any atom is -0.497 e. The van der Waals surface area contributed by atoms with E-state index in [9.17, 15) is 9.59 Å². The topological polar surface area (TPSA) is 106 Å². The molecule has 4 N–H and O–H groups in total. The molecule has 0 radical (unpaired) electrons. The Balaban J connectivity index is 1.81. The van der Waals surface area contributed by atoms with Crippen LogP contribution in [0.4, 0.5) is 11.4 Å². The molecule has 1 heterocycles. The first-order chi connectivity index (χ1) is 16.4. The van der Waals surface area contributed by atoms with Crippen molar-refractivity contribution in [3.63, 3.8) is 0 Å². The van der Waals surface area contributed by atoms with Crippen molar-refractivity contribution in [2.24, 2.45) is 5.73 Å². The normalized spacial score (nSPS) is 10.7. The van der Waals surface area contributed by atoms with Gasteiger partial charge < -0.3 is 21.1 Å². The van der Waals surface area contributed by atoms with E-state index in [-0.39, 0.29) is 5.91 Å². The quantitative estimate of drug-likeness (QED) is 0.353. The van der Waals surface area contributed by atoms with E-state index in [1.54, 1.807) is 20.2 Å². The molecule has 0 saturated heterocycles. The average Bonchev–Trinajstić information content (AvgIpc) is 2.84. The number of methoxy groups -OCH3 is 1. The number of nitrogens with one attached hydrogen (secondary N) is 2. The number of hydrogen-bond donors (Lipinski definition) is 3. The molecule has 0 aliphatic rings. The van der Waals surface area contributed by atoms with Gasteiger partial charge in [0, 0.05) is 45.7 Å². The van der Waals surface area contributed by atoms with Crippen molar-refractivity contribution < 1.29 is 14.3 Å². The number of anilines is 2. The first-order valence-corrected chi connectivity index (χ1v) is 11.4. The molecule has 7 nitrogen and oxygen atoms in total. The summed E-state index contributed by atoms with van der Waals surface area (Å²) in [7, 11) is 3.21. The SMILES string of the molecule is CNC(=O)c1cccc(Sc2cc(C)c3ncc(C(N)=O)c(Nc4cccc(OC)c4)c3c2)c1. The van der Waals surface area contributed by atoms with E-state index in [4.69, 9.17) is 10.5 Å². The number of pyridine rings is 1. The zero-order chi connectivity index (χ0) is 24.2. The minimum absolute atomic E-state index is 0.141. The third kappa shape index (κ3) is 4.82. The van der Waals surface area contributed by atoms with Crippen LogP contribution in [0.25, 0.3) is 10.9 Å². The Labute approximate surface area is 201 Å². The second kappa shape index (κ2) is 9.84. The highest BCUT2D eigenvalue weighted by Crippen LogP contribution is 2.37. The van der Waals surface area contributed by atoms with E-state index in [0.29, 0.717) is 22.6 Å². The van der Waals surface area contributed by atoms with E-state index in [2.05, 4.69) is 15.6 Å². The number of primary amides is 1. The smallest absolute Gasteiger partial charge is 0.252 e. The monoisotopic (exact) mass is 472 g/mol. The van der Waals surface area contributed by atoms with Crippen molar-refractivity contribution >= 4 is 45.9 Å². The molecule has 4 aromatic rings. The van der Waals surface area contributed by atoms with Crippen LogP contribution >= 0.6 is 11.8 Å². The molecular formula is C26H24N4O3S. The number of carbonyl (C=O) groups is 2. The molecule has 4 rings (SSSR count). The van der Waals surface area contributed by atoms with Gasteiger partial charge in [-0.15, -0.1) is 0 Å². The molecular weight excluding hydrogens is 448 g/mol. The standard InChI is InChI=1S/C26H24N4O3S/c1-15-10-20(34-19-9-4-6-16(11-19)26(32)28-2)13-21-23(15)29-14-22(25(27)31)24(21)30-17-7-5-8-18(12-17)33-3/h4-14H,1-3H3,(H2,27,31)(H,28,32)(H,29,30). The summed E-state index contributed by atoms with van der Waals surface area (Å²) < 4.78 is 5.32. The fourth-order valence-electron chi connectivity index (χ4n) is 3.65. The number of aryl methyl sites for hydroxylation is 1. The fourth-order valence-corrected chi connectivity index (χ4v) is 4.67. The van der Waals surface area contributed by atoms with E-state index in [1.807, 2.05) is 61.5 Å². The summed E-state index contributed by atoms with van der Waals surface area (Å²) in [5.41, 5.74) is 9.61. The van der Waals surface area contributed by atoms with Crippen molar-refractivity contribution in [3.05, 3.63) is 83.6 Å². The number of hydrogen-bond acceptors (Lipinski definition) is 6.